The fourth-order valence-corrected chi connectivity index (χ4v) is 6.19. The van der Waals surface area contributed by atoms with E-state index in [9.17, 15) is 0 Å². The van der Waals surface area contributed by atoms with Crippen molar-refractivity contribution in [3.05, 3.63) is 168 Å². The minimum absolute atomic E-state index is 0.493. The van der Waals surface area contributed by atoms with Crippen molar-refractivity contribution >= 4 is 61.9 Å². The third kappa shape index (κ3) is 5.06. The van der Waals surface area contributed by atoms with Gasteiger partial charge in [0.2, 0.25) is 0 Å². The summed E-state index contributed by atoms with van der Waals surface area (Å²) in [6.07, 6.45) is 0. The van der Waals surface area contributed by atoms with Gasteiger partial charge in [-0.1, -0.05) is 127 Å². The molecule has 0 aliphatic heterocycles. The lowest BCUT2D eigenvalue weighted by molar-refractivity contribution is 0.669. The molecule has 46 heavy (non-hydrogen) atoms. The van der Waals surface area contributed by atoms with E-state index in [1.807, 2.05) is 72.8 Å². The Labute approximate surface area is 266 Å². The van der Waals surface area contributed by atoms with Crippen LogP contribution in [0.2, 0.25) is 0 Å². The maximum atomic E-state index is 6.34. The average molecular weight is 592 g/mol. The number of benzene rings is 7. The minimum atomic E-state index is 0.493. The van der Waals surface area contributed by atoms with Gasteiger partial charge < -0.3 is 4.42 Å². The Morgan fingerprint density at radius 2 is 1.26 bits per heavy atom. The molecule has 0 saturated carbocycles. The van der Waals surface area contributed by atoms with Crippen LogP contribution >= 0.6 is 0 Å². The van der Waals surface area contributed by atoms with Crippen molar-refractivity contribution in [2.24, 2.45) is 15.0 Å². The topological polar surface area (TPSA) is 50.2 Å². The van der Waals surface area contributed by atoms with Crippen LogP contribution in [0.15, 0.2) is 171 Å². The van der Waals surface area contributed by atoms with E-state index in [1.54, 1.807) is 0 Å². The van der Waals surface area contributed by atoms with Crippen molar-refractivity contribution in [1.82, 2.24) is 0 Å². The zero-order valence-corrected chi connectivity index (χ0v) is 25.1. The summed E-state index contributed by atoms with van der Waals surface area (Å²) < 4.78 is 6.34. The molecular formula is C42H29N3O. The highest BCUT2D eigenvalue weighted by Crippen LogP contribution is 2.36. The summed E-state index contributed by atoms with van der Waals surface area (Å²) in [5, 5.41) is 6.92. The number of furan rings is 1. The molecule has 0 spiro atoms. The molecule has 0 atom stereocenters. The molecule has 1 aromatic heterocycles. The van der Waals surface area contributed by atoms with E-state index in [4.69, 9.17) is 14.4 Å². The van der Waals surface area contributed by atoms with Gasteiger partial charge in [0.25, 0.3) is 0 Å². The number of aliphatic imine (C=N–C) groups is 3. The summed E-state index contributed by atoms with van der Waals surface area (Å²) in [4.78, 5) is 14.4. The lowest BCUT2D eigenvalue weighted by atomic mass is 9.96. The Morgan fingerprint density at radius 1 is 0.543 bits per heavy atom. The van der Waals surface area contributed by atoms with Gasteiger partial charge >= 0.3 is 0 Å². The Bertz CT molecular complexity index is 2460. The molecule has 0 bridgehead atoms. The summed E-state index contributed by atoms with van der Waals surface area (Å²) in [6.45, 7) is 4.43. The van der Waals surface area contributed by atoms with Crippen molar-refractivity contribution in [2.75, 3.05) is 0 Å². The molecule has 8 rings (SSSR count). The van der Waals surface area contributed by atoms with Crippen LogP contribution in [0.1, 0.15) is 16.7 Å². The lowest BCUT2D eigenvalue weighted by Crippen LogP contribution is -2.06. The summed E-state index contributed by atoms with van der Waals surface area (Å²) in [5.74, 6) is 1.09. The number of nitrogens with zero attached hydrogens (tertiary/aromatic N) is 3. The molecule has 8 aromatic rings. The highest BCUT2D eigenvalue weighted by atomic mass is 16.3. The van der Waals surface area contributed by atoms with E-state index in [-0.39, 0.29) is 0 Å². The van der Waals surface area contributed by atoms with E-state index < -0.39 is 0 Å². The number of rotatable bonds is 5. The first-order valence-corrected chi connectivity index (χ1v) is 15.3. The zero-order valence-electron chi connectivity index (χ0n) is 25.1. The minimum Gasteiger partial charge on any atom is -0.456 e. The molecule has 0 unspecified atom stereocenters. The Morgan fingerprint density at radius 3 is 2.11 bits per heavy atom. The molecule has 0 aliphatic rings. The van der Waals surface area contributed by atoms with Crippen molar-refractivity contribution in [1.29, 1.82) is 0 Å². The third-order valence-corrected chi connectivity index (χ3v) is 8.46. The maximum absolute atomic E-state index is 6.34. The van der Waals surface area contributed by atoms with E-state index in [0.29, 0.717) is 18.2 Å². The predicted octanol–water partition coefficient (Wildman–Crippen LogP) is 10.7. The van der Waals surface area contributed by atoms with Crippen molar-refractivity contribution in [3.63, 3.8) is 0 Å². The molecule has 0 saturated heterocycles. The fourth-order valence-electron chi connectivity index (χ4n) is 6.19. The van der Waals surface area contributed by atoms with Gasteiger partial charge in [0.05, 0.1) is 6.54 Å². The first-order valence-electron chi connectivity index (χ1n) is 15.3. The van der Waals surface area contributed by atoms with E-state index in [1.165, 1.54) is 21.5 Å². The van der Waals surface area contributed by atoms with Crippen LogP contribution in [0.25, 0.3) is 54.6 Å². The smallest absolute Gasteiger partial charge is 0.161 e. The zero-order chi connectivity index (χ0) is 30.9. The fraction of sp³-hybridized carbons (Fsp3) is 0.0238. The maximum Gasteiger partial charge on any atom is 0.161 e. The molecule has 0 radical (unpaired) electrons. The Balaban J connectivity index is 1.25. The van der Waals surface area contributed by atoms with Crippen LogP contribution in [0, 0.1) is 0 Å². The molecule has 4 heteroatoms. The molecule has 4 nitrogen and oxygen atoms in total. The third-order valence-electron chi connectivity index (χ3n) is 8.46. The highest BCUT2D eigenvalue weighted by molar-refractivity contribution is 6.22. The molecule has 218 valence electrons. The summed E-state index contributed by atoms with van der Waals surface area (Å²) in [7, 11) is 0. The second kappa shape index (κ2) is 11.8. The van der Waals surface area contributed by atoms with Gasteiger partial charge in [-0.15, -0.1) is 0 Å². The van der Waals surface area contributed by atoms with Crippen LogP contribution < -0.4 is 0 Å². The van der Waals surface area contributed by atoms with Gasteiger partial charge in [-0.3, -0.25) is 4.99 Å². The molecule has 0 fully saturated rings. The number of hydrogen-bond donors (Lipinski definition) is 0. The van der Waals surface area contributed by atoms with Crippen molar-refractivity contribution < 1.29 is 4.42 Å². The van der Waals surface area contributed by atoms with Gasteiger partial charge in [0, 0.05) is 21.9 Å². The molecule has 7 aromatic carbocycles. The normalized spacial score (nSPS) is 12.3. The molecule has 0 N–H and O–H groups in total. The van der Waals surface area contributed by atoms with Gasteiger partial charge in [-0.05, 0) is 69.2 Å². The van der Waals surface area contributed by atoms with E-state index >= 15 is 0 Å². The standard InChI is InChI=1S/C42H29N3O/c1-43-42(45-41(30-14-6-3-7-15-30)44-27-28-11-4-2-5-12-28)36-17-10-18-39-40(36)37-26-32(22-24-38(37)46-39)31-21-23-35-33(25-31)20-19-29-13-8-9-16-34(29)35/h2-26H,1,27H2/b44-41-,45-42-. The predicted molar refractivity (Wildman–Crippen MR) is 193 cm³/mol. The van der Waals surface area contributed by atoms with Gasteiger partial charge in [-0.25, -0.2) is 9.98 Å². The Hall–Kier alpha value is -6.13. The second-order valence-corrected chi connectivity index (χ2v) is 11.3. The highest BCUT2D eigenvalue weighted by Gasteiger charge is 2.17. The van der Waals surface area contributed by atoms with Gasteiger partial charge in [-0.2, -0.15) is 0 Å². The Kier molecular flexibility index (Phi) is 7.01. The van der Waals surface area contributed by atoms with Crippen LogP contribution in [0.5, 0.6) is 0 Å². The molecule has 1 heterocycles. The van der Waals surface area contributed by atoms with E-state index in [0.717, 1.165) is 49.8 Å². The molecule has 0 aliphatic carbocycles. The largest absolute Gasteiger partial charge is 0.456 e. The second-order valence-electron chi connectivity index (χ2n) is 11.3. The summed E-state index contributed by atoms with van der Waals surface area (Å²) in [5.41, 5.74) is 6.70. The number of hydrogen-bond acceptors (Lipinski definition) is 2. The monoisotopic (exact) mass is 591 g/mol. The number of fused-ring (bicyclic) bond motifs is 6. The summed E-state index contributed by atoms with van der Waals surface area (Å²) in [6, 6.07) is 52.1. The van der Waals surface area contributed by atoms with Crippen molar-refractivity contribution in [3.8, 4) is 11.1 Å². The molecule has 0 amide bonds. The van der Waals surface area contributed by atoms with Gasteiger partial charge in [0.1, 0.15) is 11.2 Å². The lowest BCUT2D eigenvalue weighted by Gasteiger charge is -2.08. The van der Waals surface area contributed by atoms with Gasteiger partial charge in [0.15, 0.2) is 11.7 Å². The SMILES string of the molecule is C=N/C(=N\C(=N/Cc1ccccc1)c1ccccc1)c1cccc2oc3ccc(-c4ccc5c(ccc6ccccc65)c4)cc3c12. The van der Waals surface area contributed by atoms with Crippen LogP contribution in [0.4, 0.5) is 0 Å². The first kappa shape index (κ1) is 27.4. The number of amidine groups is 2. The summed E-state index contributed by atoms with van der Waals surface area (Å²) >= 11 is 0. The molecular weight excluding hydrogens is 562 g/mol. The first-order chi connectivity index (χ1) is 22.7. The van der Waals surface area contributed by atoms with Crippen LogP contribution in [0.3, 0.4) is 0 Å². The van der Waals surface area contributed by atoms with Crippen molar-refractivity contribution in [2.45, 2.75) is 6.54 Å². The average Bonchev–Trinajstić information content (AvgIpc) is 3.51. The quantitative estimate of drug-likeness (QED) is 0.112. The van der Waals surface area contributed by atoms with Crippen LogP contribution in [-0.4, -0.2) is 18.4 Å². The van der Waals surface area contributed by atoms with E-state index in [2.05, 4.69) is 90.6 Å². The van der Waals surface area contributed by atoms with Crippen LogP contribution in [-0.2, 0) is 6.54 Å².